The Kier molecular flexibility index (Phi) is 3.81. The van der Waals surface area contributed by atoms with Crippen molar-refractivity contribution in [2.75, 3.05) is 26.0 Å². The van der Waals surface area contributed by atoms with Crippen LogP contribution in [0.3, 0.4) is 0 Å². The zero-order chi connectivity index (χ0) is 13.1. The molecular formula is C13H19N3O2. The topological polar surface area (TPSA) is 54.5 Å². The smallest absolute Gasteiger partial charge is 0.255 e. The monoisotopic (exact) mass is 249 g/mol. The molecule has 1 amide bonds. The molecule has 0 spiro atoms. The Hall–Kier alpha value is -1.62. The molecule has 1 saturated heterocycles. The van der Waals surface area contributed by atoms with E-state index in [1.165, 1.54) is 0 Å². The highest BCUT2D eigenvalue weighted by atomic mass is 16.5. The largest absolute Gasteiger partial charge is 0.376 e. The fourth-order valence-corrected chi connectivity index (χ4v) is 2.25. The predicted molar refractivity (Wildman–Crippen MR) is 69.7 cm³/mol. The Morgan fingerprint density at radius 1 is 1.56 bits per heavy atom. The minimum atomic E-state index is -0.00694. The van der Waals surface area contributed by atoms with Crippen molar-refractivity contribution < 1.29 is 9.53 Å². The van der Waals surface area contributed by atoms with Crippen LogP contribution >= 0.6 is 0 Å². The van der Waals surface area contributed by atoms with Crippen LogP contribution < -0.4 is 5.32 Å². The first-order valence-corrected chi connectivity index (χ1v) is 6.16. The zero-order valence-electron chi connectivity index (χ0n) is 11.0. The van der Waals surface area contributed by atoms with Gasteiger partial charge in [0.05, 0.1) is 17.7 Å². The Morgan fingerprint density at radius 2 is 2.33 bits per heavy atom. The van der Waals surface area contributed by atoms with Crippen LogP contribution in [0.25, 0.3) is 0 Å². The summed E-state index contributed by atoms with van der Waals surface area (Å²) in [4.78, 5) is 18.2. The van der Waals surface area contributed by atoms with Gasteiger partial charge >= 0.3 is 0 Å². The molecule has 1 fully saturated rings. The van der Waals surface area contributed by atoms with Crippen LogP contribution in [0.15, 0.2) is 18.3 Å². The maximum atomic E-state index is 12.3. The molecule has 0 aliphatic carbocycles. The highest BCUT2D eigenvalue weighted by Crippen LogP contribution is 2.20. The van der Waals surface area contributed by atoms with Crippen molar-refractivity contribution >= 4 is 11.7 Å². The fraction of sp³-hybridized carbons (Fsp3) is 0.538. The molecule has 0 saturated carbocycles. The molecule has 1 aromatic rings. The Balaban J connectivity index is 2.09. The van der Waals surface area contributed by atoms with Gasteiger partial charge in [-0.25, -0.2) is 4.98 Å². The number of hydrogen-bond acceptors (Lipinski definition) is 4. The average Bonchev–Trinajstić information content (AvgIpc) is 2.83. The summed E-state index contributed by atoms with van der Waals surface area (Å²) >= 11 is 0. The lowest BCUT2D eigenvalue weighted by Gasteiger charge is -2.26. The molecule has 98 valence electrons. The van der Waals surface area contributed by atoms with Crippen LogP contribution in [0.4, 0.5) is 5.82 Å². The number of hydrogen-bond donors (Lipinski definition) is 1. The minimum absolute atomic E-state index is 0.00694. The van der Waals surface area contributed by atoms with Crippen molar-refractivity contribution in [1.29, 1.82) is 0 Å². The van der Waals surface area contributed by atoms with Crippen molar-refractivity contribution in [3.63, 3.8) is 0 Å². The summed E-state index contributed by atoms with van der Waals surface area (Å²) in [5.41, 5.74) is 0.607. The molecule has 2 rings (SSSR count). The maximum Gasteiger partial charge on any atom is 0.255 e. The van der Waals surface area contributed by atoms with E-state index >= 15 is 0 Å². The van der Waals surface area contributed by atoms with Gasteiger partial charge in [-0.05, 0) is 25.5 Å². The van der Waals surface area contributed by atoms with Crippen LogP contribution in [0, 0.1) is 0 Å². The third kappa shape index (κ3) is 2.46. The number of carbonyl (C=O) groups excluding carboxylic acids is 1. The number of nitrogens with zero attached hydrogens (tertiary/aromatic N) is 2. The summed E-state index contributed by atoms with van der Waals surface area (Å²) in [6, 6.07) is 3.75. The minimum Gasteiger partial charge on any atom is -0.376 e. The normalized spacial score (nSPS) is 22.8. The number of likely N-dealkylation sites (N-methyl/N-ethyl adjacent to an activating group) is 1. The lowest BCUT2D eigenvalue weighted by molar-refractivity contribution is 0.0574. The second-order valence-corrected chi connectivity index (χ2v) is 4.53. The number of ether oxygens (including phenoxy) is 1. The number of pyridine rings is 1. The number of rotatable bonds is 3. The van der Waals surface area contributed by atoms with Gasteiger partial charge in [0.1, 0.15) is 5.82 Å². The first kappa shape index (κ1) is 12.8. The number of carbonyl (C=O) groups is 1. The third-order valence-corrected chi connectivity index (χ3v) is 3.42. The summed E-state index contributed by atoms with van der Waals surface area (Å²) in [6.07, 6.45) is 2.60. The van der Waals surface area contributed by atoms with Gasteiger partial charge in [-0.3, -0.25) is 4.79 Å². The van der Waals surface area contributed by atoms with Crippen molar-refractivity contribution in [2.24, 2.45) is 0 Å². The Morgan fingerprint density at radius 3 is 2.83 bits per heavy atom. The zero-order valence-corrected chi connectivity index (χ0v) is 11.0. The molecule has 1 aromatic heterocycles. The molecule has 0 radical (unpaired) electrons. The molecule has 18 heavy (non-hydrogen) atoms. The second kappa shape index (κ2) is 5.35. The van der Waals surface area contributed by atoms with E-state index in [-0.39, 0.29) is 18.1 Å². The first-order chi connectivity index (χ1) is 8.63. The van der Waals surface area contributed by atoms with Crippen molar-refractivity contribution in [2.45, 2.75) is 25.5 Å². The van der Waals surface area contributed by atoms with Gasteiger partial charge in [-0.15, -0.1) is 0 Å². The molecule has 0 bridgehead atoms. The van der Waals surface area contributed by atoms with Crippen LogP contribution in [0.1, 0.15) is 23.7 Å². The van der Waals surface area contributed by atoms with Crippen molar-refractivity contribution in [3.05, 3.63) is 23.9 Å². The molecule has 2 unspecified atom stereocenters. The van der Waals surface area contributed by atoms with Crippen LogP contribution in [-0.2, 0) is 4.74 Å². The van der Waals surface area contributed by atoms with Crippen LogP contribution in [0.2, 0.25) is 0 Å². The van der Waals surface area contributed by atoms with Gasteiger partial charge in [0.2, 0.25) is 0 Å². The number of nitrogens with one attached hydrogen (secondary N) is 1. The van der Waals surface area contributed by atoms with E-state index in [0.29, 0.717) is 5.56 Å². The molecule has 1 aliphatic heterocycles. The molecule has 5 nitrogen and oxygen atoms in total. The predicted octanol–water partition coefficient (Wildman–Crippen LogP) is 1.37. The fourth-order valence-electron chi connectivity index (χ4n) is 2.25. The Labute approximate surface area is 107 Å². The third-order valence-electron chi connectivity index (χ3n) is 3.42. The summed E-state index contributed by atoms with van der Waals surface area (Å²) in [5.74, 6) is 0.749. The lowest BCUT2D eigenvalue weighted by Crippen LogP contribution is -2.41. The summed E-state index contributed by atoms with van der Waals surface area (Å²) < 4.78 is 5.49. The Bertz CT molecular complexity index is 419. The van der Waals surface area contributed by atoms with E-state index in [9.17, 15) is 4.79 Å². The molecule has 2 atom stereocenters. The van der Waals surface area contributed by atoms with E-state index in [2.05, 4.69) is 10.3 Å². The summed E-state index contributed by atoms with van der Waals surface area (Å²) in [6.45, 7) is 2.73. The van der Waals surface area contributed by atoms with Gasteiger partial charge in [-0.1, -0.05) is 0 Å². The number of amides is 1. The molecule has 2 heterocycles. The summed E-state index contributed by atoms with van der Waals surface area (Å²) in [5, 5.41) is 2.93. The van der Waals surface area contributed by atoms with E-state index in [1.807, 2.05) is 14.0 Å². The number of anilines is 1. The van der Waals surface area contributed by atoms with Crippen molar-refractivity contribution in [3.8, 4) is 0 Å². The quantitative estimate of drug-likeness (QED) is 0.879. The van der Waals surface area contributed by atoms with Crippen molar-refractivity contribution in [1.82, 2.24) is 9.88 Å². The highest BCUT2D eigenvalue weighted by Gasteiger charge is 2.31. The molecule has 1 N–H and O–H groups in total. The van der Waals surface area contributed by atoms with Gasteiger partial charge in [0.25, 0.3) is 5.91 Å². The lowest BCUT2D eigenvalue weighted by atomic mass is 10.1. The molecule has 5 heteroatoms. The van der Waals surface area contributed by atoms with Gasteiger partial charge in [0, 0.05) is 26.9 Å². The first-order valence-electron chi connectivity index (χ1n) is 6.16. The van der Waals surface area contributed by atoms with Gasteiger partial charge in [0.15, 0.2) is 0 Å². The van der Waals surface area contributed by atoms with E-state index in [0.717, 1.165) is 18.8 Å². The highest BCUT2D eigenvalue weighted by molar-refractivity contribution is 5.94. The van der Waals surface area contributed by atoms with Gasteiger partial charge < -0.3 is 15.0 Å². The molecule has 0 aromatic carbocycles. The molecule has 1 aliphatic rings. The average molecular weight is 249 g/mol. The maximum absolute atomic E-state index is 12.3. The SMILES string of the molecule is CNc1ccc(C(=O)N(C)C2CCOC2C)cn1. The molecular weight excluding hydrogens is 230 g/mol. The number of aromatic nitrogens is 1. The standard InChI is InChI=1S/C13H19N3O2/c1-9-11(6-7-18-9)16(3)13(17)10-4-5-12(14-2)15-8-10/h4-5,8-9,11H,6-7H2,1-3H3,(H,14,15). The van der Waals surface area contributed by atoms with E-state index in [4.69, 9.17) is 4.74 Å². The van der Waals surface area contributed by atoms with E-state index in [1.54, 1.807) is 30.3 Å². The summed E-state index contributed by atoms with van der Waals surface area (Å²) in [7, 11) is 3.62. The van der Waals surface area contributed by atoms with E-state index < -0.39 is 0 Å². The van der Waals surface area contributed by atoms with Crippen LogP contribution in [-0.4, -0.2) is 48.6 Å². The van der Waals surface area contributed by atoms with Crippen LogP contribution in [0.5, 0.6) is 0 Å². The second-order valence-electron chi connectivity index (χ2n) is 4.53. The van der Waals surface area contributed by atoms with Gasteiger partial charge in [-0.2, -0.15) is 0 Å².